The largest absolute Gasteiger partial charge is 0.376 e. The molecule has 4 fully saturated rings. The number of nitro benzene ring substituents is 1. The van der Waals surface area contributed by atoms with Crippen LogP contribution >= 0.6 is 0 Å². The van der Waals surface area contributed by atoms with Gasteiger partial charge in [-0.2, -0.15) is 4.31 Å². The second kappa shape index (κ2) is 6.69. The Morgan fingerprint density at radius 3 is 2.54 bits per heavy atom. The highest BCUT2D eigenvalue weighted by Crippen LogP contribution is 2.59. The number of rotatable bonds is 5. The summed E-state index contributed by atoms with van der Waals surface area (Å²) >= 11 is 0. The maximum Gasteiger partial charge on any atom is 0.293 e. The smallest absolute Gasteiger partial charge is 0.293 e. The van der Waals surface area contributed by atoms with E-state index in [9.17, 15) is 18.5 Å². The zero-order valence-corrected chi connectivity index (χ0v) is 16.7. The Kier molecular flexibility index (Phi) is 4.39. The minimum Gasteiger partial charge on any atom is -0.376 e. The van der Waals surface area contributed by atoms with Crippen LogP contribution in [-0.4, -0.2) is 36.8 Å². The van der Waals surface area contributed by atoms with Crippen LogP contribution in [0.1, 0.15) is 44.9 Å². The fraction of sp³-hybridized carbons (Fsp3) is 0.700. The molecule has 4 aliphatic rings. The molecule has 5 atom stereocenters. The second-order valence-electron chi connectivity index (χ2n) is 8.95. The third-order valence-electron chi connectivity index (χ3n) is 7.64. The Bertz CT molecular complexity index is 897. The molecule has 0 aromatic heterocycles. The second-order valence-corrected chi connectivity index (χ2v) is 10.9. The van der Waals surface area contributed by atoms with Crippen LogP contribution in [0.2, 0.25) is 0 Å². The van der Waals surface area contributed by atoms with Gasteiger partial charge in [0.05, 0.1) is 9.82 Å². The average molecular weight is 406 g/mol. The van der Waals surface area contributed by atoms with Gasteiger partial charge >= 0.3 is 0 Å². The highest BCUT2D eigenvalue weighted by Gasteiger charge is 2.53. The first-order valence-electron chi connectivity index (χ1n) is 10.5. The Hall–Kier alpha value is -1.67. The van der Waals surface area contributed by atoms with E-state index in [1.54, 1.807) is 6.07 Å². The van der Waals surface area contributed by atoms with Crippen LogP contribution in [-0.2, 0) is 10.0 Å². The zero-order chi connectivity index (χ0) is 19.5. The molecular weight excluding hydrogens is 378 g/mol. The Balaban J connectivity index is 1.40. The minimum absolute atomic E-state index is 0.0236. The molecule has 1 aromatic rings. The number of fused-ring (bicyclic) bond motifs is 5. The van der Waals surface area contributed by atoms with Gasteiger partial charge in [-0.05, 0) is 74.3 Å². The van der Waals surface area contributed by atoms with E-state index in [0.29, 0.717) is 24.7 Å². The quantitative estimate of drug-likeness (QED) is 0.597. The predicted octanol–water partition coefficient (Wildman–Crippen LogP) is 3.62. The van der Waals surface area contributed by atoms with Crippen molar-refractivity contribution in [2.24, 2.45) is 23.7 Å². The molecule has 152 valence electrons. The fourth-order valence-corrected chi connectivity index (χ4v) is 7.99. The molecule has 1 saturated heterocycles. The van der Waals surface area contributed by atoms with Crippen LogP contribution in [0.15, 0.2) is 23.1 Å². The van der Waals surface area contributed by atoms with Crippen molar-refractivity contribution >= 4 is 21.4 Å². The number of hydrogen-bond donors (Lipinski definition) is 1. The van der Waals surface area contributed by atoms with Crippen molar-refractivity contribution in [2.75, 3.05) is 18.4 Å². The van der Waals surface area contributed by atoms with Gasteiger partial charge in [-0.15, -0.1) is 0 Å². The van der Waals surface area contributed by atoms with Crippen LogP contribution in [0, 0.1) is 33.8 Å². The number of nitrogens with zero attached hydrogens (tertiary/aromatic N) is 2. The topological polar surface area (TPSA) is 92.5 Å². The van der Waals surface area contributed by atoms with Crippen molar-refractivity contribution in [1.82, 2.24) is 4.31 Å². The monoisotopic (exact) mass is 405 g/mol. The third-order valence-corrected chi connectivity index (χ3v) is 9.53. The standard InChI is InChI=1S/C20H27N3O4S/c24-23(25)20-12-14(28(26,27)22-8-1-2-9-22)6-7-18(20)21-19-11-13-10-17(19)16-5-3-4-15(13)16/h6-7,12-13,15-17,19,21H,1-5,8-11H2/t13-,15-,16-,17+,19-/m1/s1. The molecule has 2 bridgehead atoms. The lowest BCUT2D eigenvalue weighted by Gasteiger charge is -2.32. The molecule has 0 amide bonds. The molecule has 0 spiro atoms. The molecule has 5 rings (SSSR count). The average Bonchev–Trinajstić information content (AvgIpc) is 3.42. The van der Waals surface area contributed by atoms with Crippen LogP contribution in [0.3, 0.4) is 0 Å². The van der Waals surface area contributed by atoms with Gasteiger partial charge in [0, 0.05) is 25.2 Å². The molecule has 0 unspecified atom stereocenters. The predicted molar refractivity (Wildman–Crippen MR) is 106 cm³/mol. The van der Waals surface area contributed by atoms with E-state index in [-0.39, 0.29) is 16.6 Å². The van der Waals surface area contributed by atoms with Crippen molar-refractivity contribution in [3.8, 4) is 0 Å². The van der Waals surface area contributed by atoms with Gasteiger partial charge in [-0.25, -0.2) is 8.42 Å². The highest BCUT2D eigenvalue weighted by molar-refractivity contribution is 7.89. The summed E-state index contributed by atoms with van der Waals surface area (Å²) in [5.41, 5.74) is 0.323. The van der Waals surface area contributed by atoms with Crippen molar-refractivity contribution in [1.29, 1.82) is 0 Å². The van der Waals surface area contributed by atoms with Crippen molar-refractivity contribution in [2.45, 2.75) is 55.9 Å². The van der Waals surface area contributed by atoms with Crippen LogP contribution < -0.4 is 5.32 Å². The Morgan fingerprint density at radius 2 is 1.79 bits per heavy atom. The van der Waals surface area contributed by atoms with E-state index in [2.05, 4.69) is 5.32 Å². The van der Waals surface area contributed by atoms with Crippen molar-refractivity contribution in [3.63, 3.8) is 0 Å². The van der Waals surface area contributed by atoms with E-state index in [4.69, 9.17) is 0 Å². The lowest BCUT2D eigenvalue weighted by atomic mass is 9.79. The third kappa shape index (κ3) is 2.84. The first kappa shape index (κ1) is 18.4. The zero-order valence-electron chi connectivity index (χ0n) is 15.9. The van der Waals surface area contributed by atoms with E-state index in [0.717, 1.165) is 37.0 Å². The summed E-state index contributed by atoms with van der Waals surface area (Å²) in [6, 6.07) is 4.62. The van der Waals surface area contributed by atoms with Gasteiger partial charge in [-0.3, -0.25) is 10.1 Å². The summed E-state index contributed by atoms with van der Waals surface area (Å²) in [4.78, 5) is 11.3. The van der Waals surface area contributed by atoms with Crippen molar-refractivity contribution < 1.29 is 13.3 Å². The van der Waals surface area contributed by atoms with Crippen LogP contribution in [0.25, 0.3) is 0 Å². The molecule has 8 heteroatoms. The molecule has 1 aromatic carbocycles. The van der Waals surface area contributed by atoms with Crippen LogP contribution in [0.4, 0.5) is 11.4 Å². The number of benzene rings is 1. The number of hydrogen-bond acceptors (Lipinski definition) is 5. The van der Waals surface area contributed by atoms with Gasteiger partial charge in [0.1, 0.15) is 5.69 Å². The molecule has 1 heterocycles. The van der Waals surface area contributed by atoms with E-state index in [1.807, 2.05) is 0 Å². The summed E-state index contributed by atoms with van der Waals surface area (Å²) in [5.74, 6) is 2.99. The SMILES string of the molecule is O=[N+]([O-])c1cc(S(=O)(=O)N2CCCC2)ccc1N[C@@H]1C[C@H]2C[C@H]1[C@@H]1CCC[C@H]21. The molecule has 1 aliphatic heterocycles. The summed E-state index contributed by atoms with van der Waals surface area (Å²) in [7, 11) is -3.66. The molecule has 3 aliphatic carbocycles. The van der Waals surface area contributed by atoms with Crippen molar-refractivity contribution in [3.05, 3.63) is 28.3 Å². The maximum atomic E-state index is 12.8. The Morgan fingerprint density at radius 1 is 1.04 bits per heavy atom. The van der Waals surface area contributed by atoms with Gasteiger partial charge < -0.3 is 5.32 Å². The van der Waals surface area contributed by atoms with E-state index >= 15 is 0 Å². The number of nitrogens with one attached hydrogen (secondary N) is 1. The normalized spacial score (nSPS) is 34.6. The minimum atomic E-state index is -3.66. The maximum absolute atomic E-state index is 12.8. The van der Waals surface area contributed by atoms with Gasteiger partial charge in [0.25, 0.3) is 5.69 Å². The summed E-state index contributed by atoms with van der Waals surface area (Å²) in [6.45, 7) is 0.980. The van der Waals surface area contributed by atoms with Gasteiger partial charge in [0.2, 0.25) is 10.0 Å². The number of anilines is 1. The van der Waals surface area contributed by atoms with E-state index in [1.165, 1.54) is 42.1 Å². The summed E-state index contributed by atoms with van der Waals surface area (Å²) in [6.07, 6.45) is 7.96. The number of nitro groups is 1. The molecule has 7 nitrogen and oxygen atoms in total. The number of sulfonamides is 1. The molecule has 3 saturated carbocycles. The van der Waals surface area contributed by atoms with E-state index < -0.39 is 14.9 Å². The molecule has 0 radical (unpaired) electrons. The summed E-state index contributed by atoms with van der Waals surface area (Å²) in [5, 5.41) is 15.1. The highest BCUT2D eigenvalue weighted by atomic mass is 32.2. The first-order valence-corrected chi connectivity index (χ1v) is 11.9. The molecular formula is C20H27N3O4S. The summed E-state index contributed by atoms with van der Waals surface area (Å²) < 4.78 is 27.0. The van der Waals surface area contributed by atoms with Crippen LogP contribution in [0.5, 0.6) is 0 Å². The lowest BCUT2D eigenvalue weighted by molar-refractivity contribution is -0.384. The Labute approximate surface area is 165 Å². The van der Waals surface area contributed by atoms with Gasteiger partial charge in [0.15, 0.2) is 0 Å². The molecule has 1 N–H and O–H groups in total. The molecule has 28 heavy (non-hydrogen) atoms. The first-order chi connectivity index (χ1) is 13.4. The lowest BCUT2D eigenvalue weighted by Crippen LogP contribution is -2.34. The fourth-order valence-electron chi connectivity index (χ4n) is 6.46. The van der Waals surface area contributed by atoms with Gasteiger partial charge in [-0.1, -0.05) is 6.42 Å².